The second-order valence-electron chi connectivity index (χ2n) is 2.68. The van der Waals surface area contributed by atoms with Crippen molar-refractivity contribution in [3.05, 3.63) is 17.5 Å². The van der Waals surface area contributed by atoms with Crippen LogP contribution in [0.4, 0.5) is 0 Å². The Morgan fingerprint density at radius 3 is 3.10 bits per heavy atom. The van der Waals surface area contributed by atoms with E-state index in [0.29, 0.717) is 12.5 Å². The van der Waals surface area contributed by atoms with E-state index in [1.165, 1.54) is 18.4 Å². The van der Waals surface area contributed by atoms with Crippen molar-refractivity contribution < 1.29 is 4.52 Å². The van der Waals surface area contributed by atoms with Crippen LogP contribution in [0.25, 0.3) is 0 Å². The van der Waals surface area contributed by atoms with Crippen molar-refractivity contribution >= 4 is 0 Å². The molecule has 3 heteroatoms. The zero-order valence-electron chi connectivity index (χ0n) is 5.71. The van der Waals surface area contributed by atoms with Crippen molar-refractivity contribution in [2.75, 3.05) is 0 Å². The van der Waals surface area contributed by atoms with E-state index < -0.39 is 0 Å². The van der Waals surface area contributed by atoms with Gasteiger partial charge in [0, 0.05) is 5.56 Å². The molecule has 0 spiro atoms. The highest BCUT2D eigenvalue weighted by molar-refractivity contribution is 5.23. The van der Waals surface area contributed by atoms with E-state index in [1.54, 1.807) is 6.20 Å². The Bertz CT molecular complexity index is 227. The molecule has 1 aliphatic rings. The molecule has 54 valence electrons. The lowest BCUT2D eigenvalue weighted by atomic mass is 10.2. The van der Waals surface area contributed by atoms with Crippen LogP contribution in [0.15, 0.2) is 10.7 Å². The Kier molecular flexibility index (Phi) is 1.24. The second-order valence-corrected chi connectivity index (χ2v) is 2.68. The van der Waals surface area contributed by atoms with Gasteiger partial charge in [0.25, 0.3) is 0 Å². The van der Waals surface area contributed by atoms with Crippen LogP contribution < -0.4 is 5.73 Å². The molecule has 2 N–H and O–H groups in total. The van der Waals surface area contributed by atoms with Crippen molar-refractivity contribution in [1.29, 1.82) is 0 Å². The van der Waals surface area contributed by atoms with Gasteiger partial charge in [0.15, 0.2) is 5.76 Å². The molecule has 1 aliphatic carbocycles. The van der Waals surface area contributed by atoms with Gasteiger partial charge in [-0.15, -0.1) is 0 Å². The summed E-state index contributed by atoms with van der Waals surface area (Å²) in [5.74, 6) is 1.56. The van der Waals surface area contributed by atoms with E-state index in [2.05, 4.69) is 5.16 Å². The Morgan fingerprint density at radius 2 is 2.50 bits per heavy atom. The van der Waals surface area contributed by atoms with Crippen molar-refractivity contribution in [1.82, 2.24) is 5.16 Å². The smallest absolute Gasteiger partial charge is 0.153 e. The van der Waals surface area contributed by atoms with Crippen LogP contribution in [-0.2, 0) is 6.54 Å². The zero-order valence-corrected chi connectivity index (χ0v) is 5.71. The molecule has 1 aromatic heterocycles. The van der Waals surface area contributed by atoms with Crippen LogP contribution in [0.2, 0.25) is 0 Å². The average molecular weight is 138 g/mol. The van der Waals surface area contributed by atoms with Gasteiger partial charge in [0.05, 0.1) is 12.7 Å². The van der Waals surface area contributed by atoms with Gasteiger partial charge in [-0.2, -0.15) is 0 Å². The molecular formula is C7H10N2O. The van der Waals surface area contributed by atoms with Crippen LogP contribution in [0.5, 0.6) is 0 Å². The molecule has 3 nitrogen and oxygen atoms in total. The molecule has 10 heavy (non-hydrogen) atoms. The lowest BCUT2D eigenvalue weighted by Gasteiger charge is -1.91. The Morgan fingerprint density at radius 1 is 1.70 bits per heavy atom. The van der Waals surface area contributed by atoms with Crippen molar-refractivity contribution in [2.45, 2.75) is 25.3 Å². The summed E-state index contributed by atoms with van der Waals surface area (Å²) in [6, 6.07) is 0. The van der Waals surface area contributed by atoms with Gasteiger partial charge in [-0.3, -0.25) is 0 Å². The standard InChI is InChI=1S/C7H10N2O/c8-3-7-6(4-9-10-7)5-1-2-5/h4-5H,1-3,8H2. The highest BCUT2D eigenvalue weighted by Gasteiger charge is 2.27. The predicted molar refractivity (Wildman–Crippen MR) is 36.4 cm³/mol. The largest absolute Gasteiger partial charge is 0.360 e. The summed E-state index contributed by atoms with van der Waals surface area (Å²) in [6.07, 6.45) is 4.34. The third-order valence-electron chi connectivity index (χ3n) is 1.88. The molecular weight excluding hydrogens is 128 g/mol. The van der Waals surface area contributed by atoms with Crippen LogP contribution in [0.3, 0.4) is 0 Å². The van der Waals surface area contributed by atoms with E-state index in [0.717, 1.165) is 5.76 Å². The molecule has 0 aliphatic heterocycles. The van der Waals surface area contributed by atoms with Gasteiger partial charge in [-0.1, -0.05) is 5.16 Å². The molecule has 0 aromatic carbocycles. The van der Waals surface area contributed by atoms with Crippen LogP contribution in [0, 0.1) is 0 Å². The summed E-state index contributed by atoms with van der Waals surface area (Å²) >= 11 is 0. The first-order valence-corrected chi connectivity index (χ1v) is 3.55. The van der Waals surface area contributed by atoms with Crippen molar-refractivity contribution in [3.63, 3.8) is 0 Å². The quantitative estimate of drug-likeness (QED) is 0.663. The molecule has 2 rings (SSSR count). The number of nitrogens with two attached hydrogens (primary N) is 1. The minimum Gasteiger partial charge on any atom is -0.360 e. The molecule has 0 saturated heterocycles. The first-order chi connectivity index (χ1) is 4.92. The summed E-state index contributed by atoms with van der Waals surface area (Å²) in [4.78, 5) is 0. The topological polar surface area (TPSA) is 52.0 Å². The lowest BCUT2D eigenvalue weighted by molar-refractivity contribution is 0.383. The third kappa shape index (κ3) is 0.827. The highest BCUT2D eigenvalue weighted by Crippen LogP contribution is 2.41. The van der Waals surface area contributed by atoms with Crippen LogP contribution in [0.1, 0.15) is 30.1 Å². The van der Waals surface area contributed by atoms with E-state index in [9.17, 15) is 0 Å². The summed E-state index contributed by atoms with van der Waals surface area (Å²) in [7, 11) is 0. The monoisotopic (exact) mass is 138 g/mol. The van der Waals surface area contributed by atoms with Crippen LogP contribution >= 0.6 is 0 Å². The number of nitrogens with zero attached hydrogens (tertiary/aromatic N) is 1. The van der Waals surface area contributed by atoms with Crippen LogP contribution in [-0.4, -0.2) is 5.16 Å². The first kappa shape index (κ1) is 5.92. The molecule has 0 unspecified atom stereocenters. The molecule has 1 saturated carbocycles. The fraction of sp³-hybridized carbons (Fsp3) is 0.571. The summed E-state index contributed by atoms with van der Waals surface area (Å²) in [5.41, 5.74) is 6.65. The van der Waals surface area contributed by atoms with E-state index in [-0.39, 0.29) is 0 Å². The fourth-order valence-electron chi connectivity index (χ4n) is 1.15. The summed E-state index contributed by atoms with van der Waals surface area (Å²) in [6.45, 7) is 0.478. The maximum absolute atomic E-state index is 5.43. The van der Waals surface area contributed by atoms with E-state index in [1.807, 2.05) is 0 Å². The van der Waals surface area contributed by atoms with Gasteiger partial charge in [0.1, 0.15) is 0 Å². The fourth-order valence-corrected chi connectivity index (χ4v) is 1.15. The van der Waals surface area contributed by atoms with Crippen molar-refractivity contribution in [2.24, 2.45) is 5.73 Å². The first-order valence-electron chi connectivity index (χ1n) is 3.55. The minimum atomic E-state index is 0.478. The minimum absolute atomic E-state index is 0.478. The zero-order chi connectivity index (χ0) is 6.97. The summed E-state index contributed by atoms with van der Waals surface area (Å²) < 4.78 is 4.94. The van der Waals surface area contributed by atoms with Gasteiger partial charge < -0.3 is 10.3 Å². The number of rotatable bonds is 2. The molecule has 1 heterocycles. The Hall–Kier alpha value is -0.830. The SMILES string of the molecule is NCc1oncc1C1CC1. The van der Waals surface area contributed by atoms with Gasteiger partial charge in [0.2, 0.25) is 0 Å². The van der Waals surface area contributed by atoms with E-state index >= 15 is 0 Å². The predicted octanol–water partition coefficient (Wildman–Crippen LogP) is 1.01. The van der Waals surface area contributed by atoms with Gasteiger partial charge in [-0.25, -0.2) is 0 Å². The van der Waals surface area contributed by atoms with Gasteiger partial charge in [-0.05, 0) is 18.8 Å². The molecule has 0 radical (unpaired) electrons. The lowest BCUT2D eigenvalue weighted by Crippen LogP contribution is -1.96. The van der Waals surface area contributed by atoms with Gasteiger partial charge >= 0.3 is 0 Å². The number of aromatic nitrogens is 1. The molecule has 0 amide bonds. The molecule has 0 atom stereocenters. The van der Waals surface area contributed by atoms with Crippen molar-refractivity contribution in [3.8, 4) is 0 Å². The number of hydrogen-bond donors (Lipinski definition) is 1. The third-order valence-corrected chi connectivity index (χ3v) is 1.88. The summed E-state index contributed by atoms with van der Waals surface area (Å²) in [5, 5.41) is 3.70. The highest BCUT2D eigenvalue weighted by atomic mass is 16.5. The molecule has 1 fully saturated rings. The average Bonchev–Trinajstić information content (AvgIpc) is 2.69. The normalized spacial score (nSPS) is 17.7. The maximum Gasteiger partial charge on any atom is 0.153 e. The number of hydrogen-bond acceptors (Lipinski definition) is 3. The Balaban J connectivity index is 2.28. The second kappa shape index (κ2) is 2.09. The molecule has 0 bridgehead atoms. The molecule has 1 aromatic rings. The van der Waals surface area contributed by atoms with E-state index in [4.69, 9.17) is 10.3 Å². The Labute approximate surface area is 59.2 Å². The maximum atomic E-state index is 5.43.